The molecular weight excluding hydrogens is 445 g/mol. The van der Waals surface area contributed by atoms with Crippen molar-refractivity contribution in [2.24, 2.45) is 0 Å². The van der Waals surface area contributed by atoms with Crippen LogP contribution in [0.4, 0.5) is 5.69 Å². The van der Waals surface area contributed by atoms with E-state index in [-0.39, 0.29) is 10.8 Å². The molecule has 3 nitrogen and oxygen atoms in total. The van der Waals surface area contributed by atoms with Crippen LogP contribution in [0.1, 0.15) is 5.56 Å². The maximum absolute atomic E-state index is 9.94. The Bertz CT molecular complexity index is 681. The van der Waals surface area contributed by atoms with Crippen molar-refractivity contribution < 1.29 is 9.84 Å². The predicted molar refractivity (Wildman–Crippen MR) is 93.8 cm³/mol. The summed E-state index contributed by atoms with van der Waals surface area (Å²) in [7, 11) is 1.60. The fourth-order valence-corrected chi connectivity index (χ4v) is 3.60. The molecule has 2 aromatic carbocycles. The number of phenols is 1. The second kappa shape index (κ2) is 7.09. The number of nitrogens with one attached hydrogen (secondary N) is 1. The average molecular weight is 456 g/mol. The molecule has 21 heavy (non-hydrogen) atoms. The molecular formula is C14H11Br2Cl2NO2. The van der Waals surface area contributed by atoms with Crippen LogP contribution in [0.2, 0.25) is 10.0 Å². The van der Waals surface area contributed by atoms with Crippen LogP contribution in [0.25, 0.3) is 0 Å². The first-order valence-electron chi connectivity index (χ1n) is 5.86. The highest BCUT2D eigenvalue weighted by Crippen LogP contribution is 2.36. The number of anilines is 1. The zero-order chi connectivity index (χ0) is 15.6. The molecule has 0 atom stereocenters. The number of methoxy groups -OCH3 is 1. The van der Waals surface area contributed by atoms with E-state index in [0.29, 0.717) is 22.9 Å². The Labute approximate surface area is 149 Å². The molecule has 0 aliphatic carbocycles. The Morgan fingerprint density at radius 3 is 2.52 bits per heavy atom. The average Bonchev–Trinajstić information content (AvgIpc) is 2.42. The first-order chi connectivity index (χ1) is 9.92. The van der Waals surface area contributed by atoms with Gasteiger partial charge in [0.25, 0.3) is 0 Å². The lowest BCUT2D eigenvalue weighted by Gasteiger charge is -2.13. The largest absolute Gasteiger partial charge is 0.506 e. The van der Waals surface area contributed by atoms with E-state index in [4.69, 9.17) is 27.9 Å². The van der Waals surface area contributed by atoms with Crippen LogP contribution in [-0.4, -0.2) is 12.2 Å². The molecule has 0 aromatic heterocycles. The Morgan fingerprint density at radius 2 is 1.86 bits per heavy atom. The molecule has 0 amide bonds. The van der Waals surface area contributed by atoms with Gasteiger partial charge in [-0.3, -0.25) is 0 Å². The third-order valence-electron chi connectivity index (χ3n) is 2.82. The number of hydrogen-bond acceptors (Lipinski definition) is 3. The van der Waals surface area contributed by atoms with Gasteiger partial charge in [-0.25, -0.2) is 0 Å². The lowest BCUT2D eigenvalue weighted by molar-refractivity contribution is 0.412. The highest BCUT2D eigenvalue weighted by molar-refractivity contribution is 9.11. The van der Waals surface area contributed by atoms with Crippen molar-refractivity contribution in [1.82, 2.24) is 0 Å². The SMILES string of the molecule is COc1cc(NCc2cc(Cl)cc(Cl)c2O)c(Br)cc1Br. The van der Waals surface area contributed by atoms with Crippen LogP contribution < -0.4 is 10.1 Å². The van der Waals surface area contributed by atoms with Gasteiger partial charge in [0.2, 0.25) is 0 Å². The van der Waals surface area contributed by atoms with Gasteiger partial charge < -0.3 is 15.2 Å². The molecule has 0 saturated carbocycles. The van der Waals surface area contributed by atoms with E-state index in [2.05, 4.69) is 37.2 Å². The van der Waals surface area contributed by atoms with Gasteiger partial charge in [0.1, 0.15) is 11.5 Å². The number of hydrogen-bond donors (Lipinski definition) is 2. The quantitative estimate of drug-likeness (QED) is 0.608. The van der Waals surface area contributed by atoms with Gasteiger partial charge in [0.15, 0.2) is 0 Å². The van der Waals surface area contributed by atoms with Gasteiger partial charge in [-0.05, 0) is 50.1 Å². The molecule has 2 N–H and O–H groups in total. The minimum Gasteiger partial charge on any atom is -0.506 e. The van der Waals surface area contributed by atoms with Gasteiger partial charge in [0, 0.05) is 27.7 Å². The Morgan fingerprint density at radius 1 is 1.14 bits per heavy atom. The van der Waals surface area contributed by atoms with Crippen molar-refractivity contribution in [3.05, 3.63) is 48.8 Å². The number of rotatable bonds is 4. The Hall–Kier alpha value is -0.620. The topological polar surface area (TPSA) is 41.5 Å². The maximum Gasteiger partial charge on any atom is 0.139 e. The summed E-state index contributed by atoms with van der Waals surface area (Å²) in [6.45, 7) is 0.371. The van der Waals surface area contributed by atoms with Crippen molar-refractivity contribution >= 4 is 60.7 Å². The van der Waals surface area contributed by atoms with Crippen molar-refractivity contribution in [2.45, 2.75) is 6.54 Å². The standard InChI is InChI=1S/C14H11Br2Cl2NO2/c1-21-13-5-12(9(15)4-10(13)16)19-6-7-2-8(17)3-11(18)14(7)20/h2-5,19-20H,6H2,1H3. The fourth-order valence-electron chi connectivity index (χ4n) is 1.77. The van der Waals surface area contributed by atoms with Gasteiger partial charge in [-0.1, -0.05) is 23.2 Å². The van der Waals surface area contributed by atoms with Crippen LogP contribution >= 0.6 is 55.1 Å². The van der Waals surface area contributed by atoms with E-state index in [1.165, 1.54) is 6.07 Å². The number of benzene rings is 2. The molecule has 0 aliphatic heterocycles. The molecule has 0 heterocycles. The molecule has 0 unspecified atom stereocenters. The summed E-state index contributed by atoms with van der Waals surface area (Å²) in [5.74, 6) is 0.725. The molecule has 7 heteroatoms. The van der Waals surface area contributed by atoms with E-state index >= 15 is 0 Å². The normalized spacial score (nSPS) is 10.5. The summed E-state index contributed by atoms with van der Waals surface area (Å²) in [5, 5.41) is 13.8. The maximum atomic E-state index is 9.94. The molecule has 0 fully saturated rings. The summed E-state index contributed by atoms with van der Waals surface area (Å²) in [5.41, 5.74) is 1.44. The van der Waals surface area contributed by atoms with Crippen molar-refractivity contribution in [3.63, 3.8) is 0 Å². The minimum atomic E-state index is 0.0220. The second-order valence-electron chi connectivity index (χ2n) is 4.22. The molecule has 2 aromatic rings. The first-order valence-corrected chi connectivity index (χ1v) is 8.20. The van der Waals surface area contributed by atoms with Crippen molar-refractivity contribution in [3.8, 4) is 11.5 Å². The molecule has 0 bridgehead atoms. The Kier molecular flexibility index (Phi) is 5.66. The molecule has 2 rings (SSSR count). The van der Waals surface area contributed by atoms with E-state index in [9.17, 15) is 5.11 Å². The summed E-state index contributed by atoms with van der Waals surface area (Å²) in [6.07, 6.45) is 0. The van der Waals surface area contributed by atoms with Crippen LogP contribution in [0.3, 0.4) is 0 Å². The Balaban J connectivity index is 2.24. The summed E-state index contributed by atoms with van der Waals surface area (Å²) in [4.78, 5) is 0. The molecule has 0 saturated heterocycles. The summed E-state index contributed by atoms with van der Waals surface area (Å²) in [6, 6.07) is 6.89. The van der Waals surface area contributed by atoms with E-state index in [1.807, 2.05) is 12.1 Å². The smallest absolute Gasteiger partial charge is 0.139 e. The van der Waals surface area contributed by atoms with Crippen LogP contribution in [0.5, 0.6) is 11.5 Å². The minimum absolute atomic E-state index is 0.0220. The van der Waals surface area contributed by atoms with Crippen molar-refractivity contribution in [1.29, 1.82) is 0 Å². The lowest BCUT2D eigenvalue weighted by atomic mass is 10.2. The third-order valence-corrected chi connectivity index (χ3v) is 4.60. The van der Waals surface area contributed by atoms with Crippen LogP contribution in [0.15, 0.2) is 33.2 Å². The zero-order valence-corrected chi connectivity index (χ0v) is 15.6. The van der Waals surface area contributed by atoms with Gasteiger partial charge in [-0.2, -0.15) is 0 Å². The summed E-state index contributed by atoms with van der Waals surface area (Å²) >= 11 is 18.7. The van der Waals surface area contributed by atoms with Crippen LogP contribution in [0, 0.1) is 0 Å². The highest BCUT2D eigenvalue weighted by Gasteiger charge is 2.10. The second-order valence-corrected chi connectivity index (χ2v) is 6.77. The molecule has 112 valence electrons. The fraction of sp³-hybridized carbons (Fsp3) is 0.143. The third kappa shape index (κ3) is 3.97. The van der Waals surface area contributed by atoms with Gasteiger partial charge in [-0.15, -0.1) is 0 Å². The number of phenolic OH excluding ortho intramolecular Hbond substituents is 1. The monoisotopic (exact) mass is 453 g/mol. The number of ether oxygens (including phenoxy) is 1. The molecule has 0 spiro atoms. The van der Waals surface area contributed by atoms with Crippen molar-refractivity contribution in [2.75, 3.05) is 12.4 Å². The predicted octanol–water partition coefficient (Wildman–Crippen LogP) is 5.84. The van der Waals surface area contributed by atoms with E-state index in [0.717, 1.165) is 14.6 Å². The van der Waals surface area contributed by atoms with E-state index < -0.39 is 0 Å². The zero-order valence-electron chi connectivity index (χ0n) is 10.9. The highest BCUT2D eigenvalue weighted by atomic mass is 79.9. The van der Waals surface area contributed by atoms with Crippen LogP contribution in [-0.2, 0) is 6.54 Å². The molecule has 0 aliphatic rings. The lowest BCUT2D eigenvalue weighted by Crippen LogP contribution is -2.01. The van der Waals surface area contributed by atoms with Gasteiger partial charge >= 0.3 is 0 Å². The van der Waals surface area contributed by atoms with Gasteiger partial charge in [0.05, 0.1) is 22.3 Å². The van der Waals surface area contributed by atoms with E-state index in [1.54, 1.807) is 13.2 Å². The summed E-state index contributed by atoms with van der Waals surface area (Å²) < 4.78 is 6.96. The first kappa shape index (κ1) is 16.7. The molecule has 0 radical (unpaired) electrons. The number of aromatic hydroxyl groups is 1. The number of halogens is 4.